The van der Waals surface area contributed by atoms with E-state index in [1.807, 2.05) is 30.3 Å². The number of hydrogen-bond acceptors (Lipinski definition) is 5. The molecule has 0 radical (unpaired) electrons. The number of benzene rings is 2. The molecule has 0 saturated heterocycles. The number of esters is 1. The van der Waals surface area contributed by atoms with Crippen molar-refractivity contribution in [1.82, 2.24) is 0 Å². The molecule has 5 nitrogen and oxygen atoms in total. The van der Waals surface area contributed by atoms with Gasteiger partial charge in [0, 0.05) is 6.42 Å². The summed E-state index contributed by atoms with van der Waals surface area (Å²) in [6, 6.07) is 16.4. The summed E-state index contributed by atoms with van der Waals surface area (Å²) in [4.78, 5) is 12.0. The predicted octanol–water partition coefficient (Wildman–Crippen LogP) is 2.48. The number of nitrogens with zero attached hydrogens (tertiary/aromatic N) is 1. The number of rotatable bonds is 5. The van der Waals surface area contributed by atoms with Gasteiger partial charge in [0.05, 0.1) is 11.6 Å². The van der Waals surface area contributed by atoms with Crippen molar-refractivity contribution in [3.8, 4) is 17.6 Å². The van der Waals surface area contributed by atoms with E-state index in [0.717, 1.165) is 11.3 Å². The summed E-state index contributed by atoms with van der Waals surface area (Å²) in [6.45, 7) is 0.395. The standard InChI is InChI=1S/C18H15NO4/c19-12-13-5-7-15(8-6-13)21-9-10-22-18(20)17-11-14-3-1-2-4-16(14)23-17/h1-8,17H,9-11H2/t17-/m0/s1. The van der Waals surface area contributed by atoms with Gasteiger partial charge in [0.2, 0.25) is 0 Å². The number of nitriles is 1. The van der Waals surface area contributed by atoms with Crippen LogP contribution in [0.5, 0.6) is 11.5 Å². The molecule has 1 aliphatic rings. The first-order valence-corrected chi connectivity index (χ1v) is 7.30. The van der Waals surface area contributed by atoms with Crippen LogP contribution in [0.4, 0.5) is 0 Å². The van der Waals surface area contributed by atoms with Gasteiger partial charge < -0.3 is 14.2 Å². The fourth-order valence-corrected chi connectivity index (χ4v) is 2.33. The van der Waals surface area contributed by atoms with E-state index in [1.54, 1.807) is 24.3 Å². The largest absolute Gasteiger partial charge is 0.490 e. The zero-order valence-corrected chi connectivity index (χ0v) is 12.4. The normalized spacial score (nSPS) is 15.2. The van der Waals surface area contributed by atoms with Gasteiger partial charge in [0.15, 0.2) is 6.10 Å². The summed E-state index contributed by atoms with van der Waals surface area (Å²) < 4.78 is 16.2. The van der Waals surface area contributed by atoms with Gasteiger partial charge in [-0.1, -0.05) is 18.2 Å². The van der Waals surface area contributed by atoms with Gasteiger partial charge in [-0.2, -0.15) is 5.26 Å². The van der Waals surface area contributed by atoms with Gasteiger partial charge in [-0.05, 0) is 35.9 Å². The summed E-state index contributed by atoms with van der Waals surface area (Å²) in [5.41, 5.74) is 1.59. The third-order valence-electron chi connectivity index (χ3n) is 3.49. The van der Waals surface area contributed by atoms with Crippen LogP contribution in [0.15, 0.2) is 48.5 Å². The van der Waals surface area contributed by atoms with Gasteiger partial charge in [-0.15, -0.1) is 0 Å². The highest BCUT2D eigenvalue weighted by atomic mass is 16.6. The Morgan fingerprint density at radius 1 is 1.17 bits per heavy atom. The predicted molar refractivity (Wildman–Crippen MR) is 82.2 cm³/mol. The SMILES string of the molecule is N#Cc1ccc(OCCOC(=O)[C@@H]2Cc3ccccc3O2)cc1. The van der Waals surface area contributed by atoms with Crippen molar-refractivity contribution >= 4 is 5.97 Å². The molecular formula is C18H15NO4. The molecule has 0 spiro atoms. The molecule has 0 aromatic heterocycles. The van der Waals surface area contributed by atoms with Crippen LogP contribution in [0, 0.1) is 11.3 Å². The van der Waals surface area contributed by atoms with E-state index >= 15 is 0 Å². The first-order valence-electron chi connectivity index (χ1n) is 7.30. The van der Waals surface area contributed by atoms with Crippen LogP contribution in [0.1, 0.15) is 11.1 Å². The Labute approximate surface area is 134 Å². The van der Waals surface area contributed by atoms with E-state index in [2.05, 4.69) is 0 Å². The van der Waals surface area contributed by atoms with Crippen LogP contribution in [-0.2, 0) is 16.0 Å². The van der Waals surface area contributed by atoms with Crippen molar-refractivity contribution in [3.63, 3.8) is 0 Å². The fourth-order valence-electron chi connectivity index (χ4n) is 2.33. The van der Waals surface area contributed by atoms with Gasteiger partial charge in [0.25, 0.3) is 0 Å². The summed E-state index contributed by atoms with van der Waals surface area (Å²) in [5, 5.41) is 8.71. The molecule has 116 valence electrons. The van der Waals surface area contributed by atoms with E-state index < -0.39 is 6.10 Å². The van der Waals surface area contributed by atoms with Crippen molar-refractivity contribution in [1.29, 1.82) is 5.26 Å². The molecule has 0 bridgehead atoms. The van der Waals surface area contributed by atoms with E-state index in [9.17, 15) is 4.79 Å². The maximum absolute atomic E-state index is 12.0. The molecule has 1 heterocycles. The van der Waals surface area contributed by atoms with Gasteiger partial charge in [0.1, 0.15) is 24.7 Å². The zero-order valence-electron chi connectivity index (χ0n) is 12.4. The second-order valence-electron chi connectivity index (χ2n) is 5.07. The average molecular weight is 309 g/mol. The lowest BCUT2D eigenvalue weighted by Crippen LogP contribution is -2.28. The quantitative estimate of drug-likeness (QED) is 0.627. The lowest BCUT2D eigenvalue weighted by atomic mass is 10.1. The Morgan fingerprint density at radius 2 is 1.96 bits per heavy atom. The summed E-state index contributed by atoms with van der Waals surface area (Å²) >= 11 is 0. The van der Waals surface area contributed by atoms with Gasteiger partial charge in [-0.25, -0.2) is 4.79 Å². The molecule has 2 aromatic carbocycles. The van der Waals surface area contributed by atoms with Crippen molar-refractivity contribution in [2.75, 3.05) is 13.2 Å². The molecule has 5 heteroatoms. The molecule has 0 aliphatic carbocycles. The summed E-state index contributed by atoms with van der Waals surface area (Å²) in [5.74, 6) is 0.984. The molecule has 2 aromatic rings. The highest BCUT2D eigenvalue weighted by Crippen LogP contribution is 2.28. The molecule has 3 rings (SSSR count). The van der Waals surface area contributed by atoms with Crippen LogP contribution >= 0.6 is 0 Å². The molecule has 0 saturated carbocycles. The lowest BCUT2D eigenvalue weighted by molar-refractivity contribution is -0.151. The number of carbonyl (C=O) groups is 1. The number of para-hydroxylation sites is 1. The van der Waals surface area contributed by atoms with Crippen molar-refractivity contribution in [2.45, 2.75) is 12.5 Å². The molecular weight excluding hydrogens is 294 g/mol. The number of hydrogen-bond donors (Lipinski definition) is 0. The number of carbonyl (C=O) groups excluding carboxylic acids is 1. The monoisotopic (exact) mass is 309 g/mol. The van der Waals surface area contributed by atoms with Gasteiger partial charge >= 0.3 is 5.97 Å². The molecule has 0 fully saturated rings. The minimum absolute atomic E-state index is 0.148. The summed E-state index contributed by atoms with van der Waals surface area (Å²) in [6.07, 6.45) is -0.0480. The Balaban J connectivity index is 1.41. The van der Waals surface area contributed by atoms with E-state index in [4.69, 9.17) is 19.5 Å². The number of ether oxygens (including phenoxy) is 3. The second-order valence-corrected chi connectivity index (χ2v) is 5.07. The Hall–Kier alpha value is -3.00. The maximum atomic E-state index is 12.0. The minimum atomic E-state index is -0.581. The fraction of sp³-hybridized carbons (Fsp3) is 0.222. The molecule has 0 amide bonds. The van der Waals surface area contributed by atoms with Gasteiger partial charge in [-0.3, -0.25) is 0 Å². The maximum Gasteiger partial charge on any atom is 0.347 e. The van der Waals surface area contributed by atoms with E-state index in [1.165, 1.54) is 0 Å². The topological polar surface area (TPSA) is 68.5 Å². The summed E-state index contributed by atoms with van der Waals surface area (Å²) in [7, 11) is 0. The lowest BCUT2D eigenvalue weighted by Gasteiger charge is -2.11. The van der Waals surface area contributed by atoms with E-state index in [0.29, 0.717) is 17.7 Å². The molecule has 0 unspecified atom stereocenters. The van der Waals surface area contributed by atoms with Crippen molar-refractivity contribution in [2.24, 2.45) is 0 Å². The van der Waals surface area contributed by atoms with E-state index in [-0.39, 0.29) is 19.2 Å². The number of fused-ring (bicyclic) bond motifs is 1. The Bertz CT molecular complexity index is 708. The average Bonchev–Trinajstić information content (AvgIpc) is 3.03. The smallest absolute Gasteiger partial charge is 0.347 e. The van der Waals surface area contributed by atoms with Crippen LogP contribution in [0.25, 0.3) is 0 Å². The highest BCUT2D eigenvalue weighted by molar-refractivity contribution is 5.76. The first kappa shape index (κ1) is 14.9. The molecule has 0 N–H and O–H groups in total. The first-order chi connectivity index (χ1) is 11.3. The highest BCUT2D eigenvalue weighted by Gasteiger charge is 2.29. The third-order valence-corrected chi connectivity index (χ3v) is 3.49. The Kier molecular flexibility index (Phi) is 4.44. The van der Waals surface area contributed by atoms with Crippen LogP contribution < -0.4 is 9.47 Å². The molecule has 1 aliphatic heterocycles. The second kappa shape index (κ2) is 6.84. The van der Waals surface area contributed by atoms with Crippen molar-refractivity contribution in [3.05, 3.63) is 59.7 Å². The van der Waals surface area contributed by atoms with Crippen LogP contribution in [0.2, 0.25) is 0 Å². The van der Waals surface area contributed by atoms with Crippen LogP contribution in [0.3, 0.4) is 0 Å². The minimum Gasteiger partial charge on any atom is -0.490 e. The van der Waals surface area contributed by atoms with Crippen LogP contribution in [-0.4, -0.2) is 25.3 Å². The molecule has 23 heavy (non-hydrogen) atoms. The zero-order chi connectivity index (χ0) is 16.1. The third kappa shape index (κ3) is 3.61. The Morgan fingerprint density at radius 3 is 2.70 bits per heavy atom. The molecule has 1 atom stereocenters. The van der Waals surface area contributed by atoms with Crippen molar-refractivity contribution < 1.29 is 19.0 Å².